The van der Waals surface area contributed by atoms with Crippen LogP contribution in [0.5, 0.6) is 0 Å². The fourth-order valence-electron chi connectivity index (χ4n) is 1.39. The van der Waals surface area contributed by atoms with Crippen molar-refractivity contribution in [2.24, 2.45) is 5.73 Å². The maximum Gasteiger partial charge on any atom is 0.0378 e. The highest BCUT2D eigenvalue weighted by molar-refractivity contribution is 7.99. The summed E-state index contributed by atoms with van der Waals surface area (Å²) >= 11 is 1.88. The number of hydrogen-bond donors (Lipinski definition) is 1. The summed E-state index contributed by atoms with van der Waals surface area (Å²) in [6.07, 6.45) is 0.962. The summed E-state index contributed by atoms with van der Waals surface area (Å²) in [5.41, 5.74) is 7.21. The Morgan fingerprint density at radius 3 is 2.20 bits per heavy atom. The molecule has 0 amide bonds. The molecule has 0 aliphatic heterocycles. The molecule has 0 aliphatic carbocycles. The lowest BCUT2D eigenvalue weighted by molar-refractivity contribution is 0.476. The van der Waals surface area contributed by atoms with Crippen LogP contribution in [-0.2, 0) is 5.54 Å². The average molecular weight is 223 g/mol. The standard InChI is InChI=1S/C13H21NS/c1-5-13(4,14)11-6-8-12(9-7-11)15-10(2)3/h6-10H,5,14H2,1-4H3. The van der Waals surface area contributed by atoms with E-state index in [2.05, 4.69) is 52.0 Å². The monoisotopic (exact) mass is 223 g/mol. The first-order valence-electron chi connectivity index (χ1n) is 5.52. The van der Waals surface area contributed by atoms with Gasteiger partial charge in [0.1, 0.15) is 0 Å². The second kappa shape index (κ2) is 5.04. The van der Waals surface area contributed by atoms with Crippen LogP contribution in [0.25, 0.3) is 0 Å². The molecule has 1 atom stereocenters. The zero-order valence-electron chi connectivity index (χ0n) is 10.1. The van der Waals surface area contributed by atoms with Crippen molar-refractivity contribution in [1.82, 2.24) is 0 Å². The Morgan fingerprint density at radius 2 is 1.80 bits per heavy atom. The van der Waals surface area contributed by atoms with Crippen LogP contribution in [-0.4, -0.2) is 5.25 Å². The zero-order valence-corrected chi connectivity index (χ0v) is 10.9. The lowest BCUT2D eigenvalue weighted by Gasteiger charge is -2.23. The zero-order chi connectivity index (χ0) is 11.5. The first-order chi connectivity index (χ1) is 6.95. The third-order valence-corrected chi connectivity index (χ3v) is 3.64. The van der Waals surface area contributed by atoms with Gasteiger partial charge in [-0.15, -0.1) is 11.8 Å². The van der Waals surface area contributed by atoms with Crippen LogP contribution in [0.1, 0.15) is 39.7 Å². The predicted octanol–water partition coefficient (Wildman–Crippen LogP) is 3.77. The van der Waals surface area contributed by atoms with E-state index < -0.39 is 0 Å². The highest BCUT2D eigenvalue weighted by Crippen LogP contribution is 2.26. The molecule has 0 aromatic heterocycles. The lowest BCUT2D eigenvalue weighted by atomic mass is 9.91. The van der Waals surface area contributed by atoms with Crippen molar-refractivity contribution in [1.29, 1.82) is 0 Å². The van der Waals surface area contributed by atoms with Crippen LogP contribution in [0, 0.1) is 0 Å². The van der Waals surface area contributed by atoms with E-state index >= 15 is 0 Å². The molecule has 84 valence electrons. The van der Waals surface area contributed by atoms with Crippen molar-refractivity contribution in [2.45, 2.75) is 49.8 Å². The first kappa shape index (κ1) is 12.6. The van der Waals surface area contributed by atoms with E-state index in [9.17, 15) is 0 Å². The molecule has 1 aromatic carbocycles. The quantitative estimate of drug-likeness (QED) is 0.786. The van der Waals surface area contributed by atoms with Gasteiger partial charge in [0.05, 0.1) is 0 Å². The lowest BCUT2D eigenvalue weighted by Crippen LogP contribution is -2.31. The van der Waals surface area contributed by atoms with E-state index in [1.165, 1.54) is 10.5 Å². The Morgan fingerprint density at radius 1 is 1.27 bits per heavy atom. The van der Waals surface area contributed by atoms with Gasteiger partial charge >= 0.3 is 0 Å². The number of rotatable bonds is 4. The summed E-state index contributed by atoms with van der Waals surface area (Å²) in [6, 6.07) is 8.63. The molecular weight excluding hydrogens is 202 g/mol. The normalized spacial score (nSPS) is 15.3. The fourth-order valence-corrected chi connectivity index (χ4v) is 2.23. The molecule has 1 unspecified atom stereocenters. The summed E-state index contributed by atoms with van der Waals surface area (Å²) in [5, 5.41) is 0.631. The highest BCUT2D eigenvalue weighted by Gasteiger charge is 2.17. The molecule has 0 saturated carbocycles. The Bertz CT molecular complexity index is 301. The minimum absolute atomic E-state index is 0.193. The Balaban J connectivity index is 2.81. The number of benzene rings is 1. The van der Waals surface area contributed by atoms with E-state index in [4.69, 9.17) is 5.73 Å². The van der Waals surface area contributed by atoms with E-state index in [0.717, 1.165) is 6.42 Å². The number of thioether (sulfide) groups is 1. The smallest absolute Gasteiger partial charge is 0.0378 e. The second-order valence-corrected chi connectivity index (χ2v) is 6.11. The van der Waals surface area contributed by atoms with E-state index in [1.807, 2.05) is 11.8 Å². The van der Waals surface area contributed by atoms with Crippen LogP contribution in [0.2, 0.25) is 0 Å². The van der Waals surface area contributed by atoms with Crippen molar-refractivity contribution in [2.75, 3.05) is 0 Å². The van der Waals surface area contributed by atoms with Crippen molar-refractivity contribution in [3.63, 3.8) is 0 Å². The maximum absolute atomic E-state index is 6.18. The van der Waals surface area contributed by atoms with Gasteiger partial charge in [-0.1, -0.05) is 32.9 Å². The van der Waals surface area contributed by atoms with Crippen molar-refractivity contribution < 1.29 is 0 Å². The molecule has 15 heavy (non-hydrogen) atoms. The minimum atomic E-state index is -0.193. The van der Waals surface area contributed by atoms with Crippen molar-refractivity contribution in [3.05, 3.63) is 29.8 Å². The van der Waals surface area contributed by atoms with Gasteiger partial charge in [-0.05, 0) is 31.0 Å². The summed E-state index contributed by atoms with van der Waals surface area (Å²) in [7, 11) is 0. The molecule has 0 saturated heterocycles. The molecule has 1 nitrogen and oxygen atoms in total. The summed E-state index contributed by atoms with van der Waals surface area (Å²) in [6.45, 7) is 8.61. The van der Waals surface area contributed by atoms with E-state index in [1.54, 1.807) is 0 Å². The molecule has 2 heteroatoms. The van der Waals surface area contributed by atoms with Gasteiger partial charge in [-0.3, -0.25) is 0 Å². The van der Waals surface area contributed by atoms with Crippen molar-refractivity contribution >= 4 is 11.8 Å². The molecule has 0 bridgehead atoms. The van der Waals surface area contributed by atoms with Crippen LogP contribution >= 0.6 is 11.8 Å². The van der Waals surface area contributed by atoms with Crippen LogP contribution in [0.15, 0.2) is 29.2 Å². The van der Waals surface area contributed by atoms with Gasteiger partial charge in [0, 0.05) is 15.7 Å². The average Bonchev–Trinajstić information content (AvgIpc) is 2.18. The van der Waals surface area contributed by atoms with Crippen LogP contribution in [0.3, 0.4) is 0 Å². The maximum atomic E-state index is 6.18. The summed E-state index contributed by atoms with van der Waals surface area (Å²) < 4.78 is 0. The predicted molar refractivity (Wildman–Crippen MR) is 69.3 cm³/mol. The molecule has 0 radical (unpaired) electrons. The van der Waals surface area contributed by atoms with Gasteiger partial charge in [-0.2, -0.15) is 0 Å². The number of hydrogen-bond acceptors (Lipinski definition) is 2. The molecule has 2 N–H and O–H groups in total. The molecule has 0 fully saturated rings. The minimum Gasteiger partial charge on any atom is -0.322 e. The van der Waals surface area contributed by atoms with Gasteiger partial charge in [-0.25, -0.2) is 0 Å². The van der Waals surface area contributed by atoms with Crippen LogP contribution < -0.4 is 5.73 Å². The Labute approximate surface area is 97.4 Å². The first-order valence-corrected chi connectivity index (χ1v) is 6.39. The van der Waals surface area contributed by atoms with E-state index in [-0.39, 0.29) is 5.54 Å². The third kappa shape index (κ3) is 3.54. The van der Waals surface area contributed by atoms with Gasteiger partial charge < -0.3 is 5.73 Å². The molecule has 1 aromatic rings. The Hall–Kier alpha value is -0.470. The largest absolute Gasteiger partial charge is 0.322 e. The summed E-state index contributed by atoms with van der Waals surface area (Å²) in [4.78, 5) is 1.32. The molecule has 0 spiro atoms. The van der Waals surface area contributed by atoms with Gasteiger partial charge in [0.25, 0.3) is 0 Å². The molecule has 0 aliphatic rings. The Kier molecular flexibility index (Phi) is 4.23. The van der Waals surface area contributed by atoms with E-state index in [0.29, 0.717) is 5.25 Å². The highest BCUT2D eigenvalue weighted by atomic mass is 32.2. The molecular formula is C13H21NS. The fraction of sp³-hybridized carbons (Fsp3) is 0.538. The van der Waals surface area contributed by atoms with Crippen molar-refractivity contribution in [3.8, 4) is 0 Å². The second-order valence-electron chi connectivity index (χ2n) is 4.46. The molecule has 1 rings (SSSR count). The third-order valence-electron chi connectivity index (χ3n) is 2.62. The molecule has 0 heterocycles. The van der Waals surface area contributed by atoms with Crippen LogP contribution in [0.4, 0.5) is 0 Å². The summed E-state index contributed by atoms with van der Waals surface area (Å²) in [5.74, 6) is 0. The van der Waals surface area contributed by atoms with Gasteiger partial charge in [0.15, 0.2) is 0 Å². The number of nitrogens with two attached hydrogens (primary N) is 1. The van der Waals surface area contributed by atoms with Gasteiger partial charge in [0.2, 0.25) is 0 Å². The topological polar surface area (TPSA) is 26.0 Å². The SMILES string of the molecule is CCC(C)(N)c1ccc(SC(C)C)cc1.